The second kappa shape index (κ2) is 7.59. The summed E-state index contributed by atoms with van der Waals surface area (Å²) in [5.41, 5.74) is 3.49. The number of aromatic nitrogens is 1. The minimum atomic E-state index is -0.185. The van der Waals surface area contributed by atoms with Gasteiger partial charge in [0.05, 0.1) is 9.60 Å². The van der Waals surface area contributed by atoms with Crippen LogP contribution >= 0.6 is 35.1 Å². The van der Waals surface area contributed by atoms with Crippen molar-refractivity contribution in [2.75, 3.05) is 16.8 Å². The first-order valence-corrected chi connectivity index (χ1v) is 11.0. The van der Waals surface area contributed by atoms with Crippen LogP contribution in [0.5, 0.6) is 0 Å². The highest BCUT2D eigenvalue weighted by molar-refractivity contribution is 8.16. The van der Waals surface area contributed by atoms with Crippen molar-refractivity contribution in [3.63, 3.8) is 0 Å². The number of thioether (sulfide) groups is 2. The topological polar surface area (TPSA) is 34.0 Å². The van der Waals surface area contributed by atoms with Gasteiger partial charge in [0, 0.05) is 23.6 Å². The lowest BCUT2D eigenvalue weighted by atomic mass is 10.2. The minimum Gasteiger partial charge on any atom is -0.338 e. The Morgan fingerprint density at radius 3 is 2.69 bits per heavy atom. The highest BCUT2D eigenvalue weighted by Crippen LogP contribution is 2.44. The number of hydrogen-bond donors (Lipinski definition) is 1. The lowest BCUT2D eigenvalue weighted by Crippen LogP contribution is -2.16. The van der Waals surface area contributed by atoms with Crippen LogP contribution in [0, 0.1) is 0 Å². The molecule has 4 rings (SSSR count). The predicted molar refractivity (Wildman–Crippen MR) is 115 cm³/mol. The van der Waals surface area contributed by atoms with Gasteiger partial charge in [-0.05, 0) is 41.7 Å². The number of rotatable bonds is 3. The van der Waals surface area contributed by atoms with E-state index < -0.39 is 0 Å². The van der Waals surface area contributed by atoms with Crippen molar-refractivity contribution in [1.29, 1.82) is 0 Å². The summed E-state index contributed by atoms with van der Waals surface area (Å²) >= 11 is 10.4. The van der Waals surface area contributed by atoms with Crippen LogP contribution in [0.2, 0.25) is 5.02 Å². The van der Waals surface area contributed by atoms with E-state index >= 15 is 0 Å². The summed E-state index contributed by atoms with van der Waals surface area (Å²) in [6, 6.07) is 15.9. The molecule has 3 aromatic rings. The molecular weight excluding hydrogens is 384 g/mol. The molecule has 0 bridgehead atoms. The van der Waals surface area contributed by atoms with Crippen LogP contribution in [0.1, 0.15) is 27.1 Å². The first kappa shape index (κ1) is 17.8. The molecule has 26 heavy (non-hydrogen) atoms. The maximum atomic E-state index is 12.9. The molecule has 1 aliphatic rings. The predicted octanol–water partition coefficient (Wildman–Crippen LogP) is 5.95. The number of nitrogens with one attached hydrogen (secondary N) is 1. The smallest absolute Gasteiger partial charge is 0.273 e. The molecule has 0 radical (unpaired) electrons. The summed E-state index contributed by atoms with van der Waals surface area (Å²) in [5, 5.41) is 4.41. The Hall–Kier alpha value is -1.56. The van der Waals surface area contributed by atoms with Crippen LogP contribution < -0.4 is 5.32 Å². The summed E-state index contributed by atoms with van der Waals surface area (Å²) in [4.78, 5) is 12.9. The molecule has 1 amide bonds. The van der Waals surface area contributed by atoms with E-state index in [4.69, 9.17) is 11.6 Å². The number of nitrogens with zero attached hydrogens (tertiary/aromatic N) is 1. The van der Waals surface area contributed by atoms with Crippen molar-refractivity contribution in [3.05, 3.63) is 64.8 Å². The standard InChI is InChI=1S/C20H19ClN2OS2/c1-23-16-9-3-2-8-15(16)17(21)18(23)19(24)22-14-7-4-6-13(12-14)20-25-10-5-11-26-20/h2-4,6-9,12,20H,5,10-11H2,1H3,(H,22,24). The largest absolute Gasteiger partial charge is 0.338 e. The lowest BCUT2D eigenvalue weighted by molar-refractivity contribution is 0.102. The fraction of sp³-hybridized carbons (Fsp3) is 0.250. The number of hydrogen-bond acceptors (Lipinski definition) is 3. The quantitative estimate of drug-likeness (QED) is 0.587. The molecule has 2 aromatic carbocycles. The summed E-state index contributed by atoms with van der Waals surface area (Å²) in [5.74, 6) is 2.20. The van der Waals surface area contributed by atoms with Gasteiger partial charge in [0.15, 0.2) is 0 Å². The van der Waals surface area contributed by atoms with E-state index in [9.17, 15) is 4.79 Å². The van der Waals surface area contributed by atoms with Crippen molar-refractivity contribution in [3.8, 4) is 0 Å². The highest BCUT2D eigenvalue weighted by atomic mass is 35.5. The molecule has 1 N–H and O–H groups in total. The number of para-hydroxylation sites is 1. The maximum Gasteiger partial charge on any atom is 0.273 e. The molecule has 0 saturated carbocycles. The van der Waals surface area contributed by atoms with Gasteiger partial charge >= 0.3 is 0 Å². The van der Waals surface area contributed by atoms with Crippen molar-refractivity contribution in [1.82, 2.24) is 4.57 Å². The average molecular weight is 403 g/mol. The van der Waals surface area contributed by atoms with Crippen molar-refractivity contribution >= 4 is 57.6 Å². The zero-order valence-corrected chi connectivity index (χ0v) is 16.8. The van der Waals surface area contributed by atoms with Gasteiger partial charge in [-0.1, -0.05) is 41.9 Å². The first-order chi connectivity index (χ1) is 12.6. The van der Waals surface area contributed by atoms with Gasteiger partial charge in [-0.15, -0.1) is 23.5 Å². The number of aryl methyl sites for hydroxylation is 1. The van der Waals surface area contributed by atoms with Gasteiger partial charge in [0.1, 0.15) is 5.69 Å². The normalized spacial score (nSPS) is 15.3. The zero-order valence-electron chi connectivity index (χ0n) is 14.4. The Bertz CT molecular complexity index is 925. The third kappa shape index (κ3) is 3.36. The van der Waals surface area contributed by atoms with Crippen LogP contribution in [0.3, 0.4) is 0 Å². The lowest BCUT2D eigenvalue weighted by Gasteiger charge is -2.21. The number of amides is 1. The summed E-state index contributed by atoms with van der Waals surface area (Å²) in [6.07, 6.45) is 1.27. The molecule has 0 aliphatic carbocycles. The Kier molecular flexibility index (Phi) is 5.20. The van der Waals surface area contributed by atoms with Crippen molar-refractivity contribution in [2.45, 2.75) is 11.0 Å². The molecule has 2 heterocycles. The average Bonchev–Trinajstić information content (AvgIpc) is 2.94. The Balaban J connectivity index is 1.61. The van der Waals surface area contributed by atoms with Gasteiger partial charge in [0.2, 0.25) is 0 Å². The summed E-state index contributed by atoms with van der Waals surface area (Å²) in [7, 11) is 1.87. The molecule has 6 heteroatoms. The molecule has 0 spiro atoms. The number of fused-ring (bicyclic) bond motifs is 1. The van der Waals surface area contributed by atoms with Gasteiger partial charge in [-0.25, -0.2) is 0 Å². The second-order valence-electron chi connectivity index (χ2n) is 6.25. The zero-order chi connectivity index (χ0) is 18.1. The molecule has 1 fully saturated rings. The fourth-order valence-electron chi connectivity index (χ4n) is 3.23. The number of anilines is 1. The first-order valence-electron chi connectivity index (χ1n) is 8.52. The van der Waals surface area contributed by atoms with Crippen LogP contribution in [0.25, 0.3) is 10.9 Å². The van der Waals surface area contributed by atoms with Crippen LogP contribution in [-0.4, -0.2) is 22.0 Å². The minimum absolute atomic E-state index is 0.185. The van der Waals surface area contributed by atoms with E-state index in [-0.39, 0.29) is 5.91 Å². The molecule has 0 atom stereocenters. The van der Waals surface area contributed by atoms with Gasteiger partial charge in [-0.3, -0.25) is 4.79 Å². The molecule has 3 nitrogen and oxygen atoms in total. The van der Waals surface area contributed by atoms with E-state index in [1.807, 2.05) is 71.5 Å². The molecule has 1 aromatic heterocycles. The van der Waals surface area contributed by atoms with Crippen molar-refractivity contribution in [2.24, 2.45) is 7.05 Å². The summed E-state index contributed by atoms with van der Waals surface area (Å²) in [6.45, 7) is 0. The third-order valence-electron chi connectivity index (χ3n) is 4.50. The monoisotopic (exact) mass is 402 g/mol. The van der Waals surface area contributed by atoms with Crippen LogP contribution in [0.4, 0.5) is 5.69 Å². The molecule has 0 unspecified atom stereocenters. The summed E-state index contributed by atoms with van der Waals surface area (Å²) < 4.78 is 2.30. The third-order valence-corrected chi connectivity index (χ3v) is 7.90. The molecular formula is C20H19ClN2OS2. The Labute approximate surface area is 166 Å². The fourth-order valence-corrected chi connectivity index (χ4v) is 6.48. The number of halogens is 1. The van der Waals surface area contributed by atoms with E-state index in [0.29, 0.717) is 15.3 Å². The van der Waals surface area contributed by atoms with E-state index in [1.165, 1.54) is 23.5 Å². The van der Waals surface area contributed by atoms with Gasteiger partial charge in [0.25, 0.3) is 5.91 Å². The van der Waals surface area contributed by atoms with Gasteiger partial charge < -0.3 is 9.88 Å². The highest BCUT2D eigenvalue weighted by Gasteiger charge is 2.21. The van der Waals surface area contributed by atoms with Crippen molar-refractivity contribution < 1.29 is 4.79 Å². The van der Waals surface area contributed by atoms with E-state index in [1.54, 1.807) is 0 Å². The van der Waals surface area contributed by atoms with Gasteiger partial charge in [-0.2, -0.15) is 0 Å². The molecule has 1 aliphatic heterocycles. The Morgan fingerprint density at radius 2 is 1.92 bits per heavy atom. The maximum absolute atomic E-state index is 12.9. The second-order valence-corrected chi connectivity index (χ2v) is 9.35. The molecule has 134 valence electrons. The number of carbonyl (C=O) groups is 1. The van der Waals surface area contributed by atoms with Crippen LogP contribution in [-0.2, 0) is 7.05 Å². The van der Waals surface area contributed by atoms with E-state index in [0.717, 1.165) is 16.6 Å². The van der Waals surface area contributed by atoms with Crippen LogP contribution in [0.15, 0.2) is 48.5 Å². The molecule has 1 saturated heterocycles. The number of benzene rings is 2. The Morgan fingerprint density at radius 1 is 1.15 bits per heavy atom. The number of carbonyl (C=O) groups excluding carboxylic acids is 1. The van der Waals surface area contributed by atoms with E-state index in [2.05, 4.69) is 17.4 Å². The SMILES string of the molecule is Cn1c(C(=O)Nc2cccc(C3SCCCS3)c2)c(Cl)c2ccccc21.